The van der Waals surface area contributed by atoms with E-state index in [1.54, 1.807) is 0 Å². The van der Waals surface area contributed by atoms with E-state index in [-0.39, 0.29) is 24.7 Å². The number of piperazine rings is 1. The van der Waals surface area contributed by atoms with Crippen LogP contribution < -0.4 is 17.0 Å². The maximum atomic E-state index is 14.7. The fourth-order valence-electron chi connectivity index (χ4n) is 5.55. The van der Waals surface area contributed by atoms with Crippen LogP contribution in [0, 0.1) is 5.92 Å². The third-order valence-corrected chi connectivity index (χ3v) is 7.89. The summed E-state index contributed by atoms with van der Waals surface area (Å²) in [6.45, 7) is 3.97. The number of rotatable bonds is 3. The standard InChI is InChI=1S/C21H27BrF2N6O/c1-12(20(31)11-29(26)9-15-16(23)8-17(24)19(15)20)28-6-7-30-18(10-28)21(25,27-30)13-2-4-14(22)5-3-13/h2-5,8,12,15,18,27,31H,6-7,9-11,25-26H2,1H3/t12-,15?,18-,20-,21?/m1/s1. The predicted molar refractivity (Wildman–Crippen MR) is 116 cm³/mol. The van der Waals surface area contributed by atoms with Gasteiger partial charge in [-0.3, -0.25) is 10.7 Å². The number of aliphatic hydroxyl groups is 1. The molecule has 1 aromatic carbocycles. The molecule has 10 heteroatoms. The lowest BCUT2D eigenvalue weighted by molar-refractivity contribution is -0.162. The highest BCUT2D eigenvalue weighted by Gasteiger charge is 2.57. The summed E-state index contributed by atoms with van der Waals surface area (Å²) >= 11 is 3.45. The van der Waals surface area contributed by atoms with Gasteiger partial charge < -0.3 is 10.8 Å². The maximum Gasteiger partial charge on any atom is 0.128 e. The van der Waals surface area contributed by atoms with Crippen LogP contribution in [0.25, 0.3) is 0 Å². The van der Waals surface area contributed by atoms with Crippen LogP contribution in [0.4, 0.5) is 8.78 Å². The molecule has 0 amide bonds. The lowest BCUT2D eigenvalue weighted by Crippen LogP contribution is -2.85. The average Bonchev–Trinajstić information content (AvgIpc) is 3.01. The molecule has 3 heterocycles. The number of nitrogens with zero attached hydrogens (tertiary/aromatic N) is 3. The van der Waals surface area contributed by atoms with Crippen molar-refractivity contribution >= 4 is 15.9 Å². The van der Waals surface area contributed by atoms with Crippen LogP contribution >= 0.6 is 15.9 Å². The number of halogens is 3. The molecule has 4 aliphatic rings. The van der Waals surface area contributed by atoms with Gasteiger partial charge in [-0.15, -0.1) is 0 Å². The number of β-amino-alcohol motifs (C(OH)–C–C–N with tert-alkyl or cyclic N) is 1. The quantitative estimate of drug-likeness (QED) is 0.465. The normalized spacial score (nSPS) is 37.8. The van der Waals surface area contributed by atoms with E-state index in [4.69, 9.17) is 11.6 Å². The van der Waals surface area contributed by atoms with E-state index in [1.165, 1.54) is 5.01 Å². The summed E-state index contributed by atoms with van der Waals surface area (Å²) < 4.78 is 30.0. The first-order valence-electron chi connectivity index (χ1n) is 10.5. The second-order valence-electron chi connectivity index (χ2n) is 9.06. The fraction of sp³-hybridized carbons (Fsp3) is 0.524. The van der Waals surface area contributed by atoms with Crippen LogP contribution in [0.1, 0.15) is 12.5 Å². The van der Waals surface area contributed by atoms with E-state index in [2.05, 4.69) is 31.3 Å². The first-order chi connectivity index (χ1) is 14.6. The number of hydrazine groups is 2. The molecule has 5 rings (SSSR count). The summed E-state index contributed by atoms with van der Waals surface area (Å²) in [5, 5.41) is 15.1. The molecule has 0 aromatic heterocycles. The third kappa shape index (κ3) is 3.24. The van der Waals surface area contributed by atoms with Gasteiger partial charge >= 0.3 is 0 Å². The zero-order valence-electron chi connectivity index (χ0n) is 17.2. The van der Waals surface area contributed by atoms with E-state index in [0.717, 1.165) is 16.1 Å². The Morgan fingerprint density at radius 3 is 2.65 bits per heavy atom. The molecule has 1 aromatic rings. The minimum atomic E-state index is -1.60. The lowest BCUT2D eigenvalue weighted by Gasteiger charge is -2.61. The Labute approximate surface area is 188 Å². The van der Waals surface area contributed by atoms with Crippen molar-refractivity contribution in [3.8, 4) is 0 Å². The van der Waals surface area contributed by atoms with Gasteiger partial charge in [0.2, 0.25) is 0 Å². The van der Waals surface area contributed by atoms with Gasteiger partial charge in [-0.1, -0.05) is 28.1 Å². The van der Waals surface area contributed by atoms with Crippen molar-refractivity contribution in [1.82, 2.24) is 20.3 Å². The highest BCUT2D eigenvalue weighted by molar-refractivity contribution is 9.10. The second-order valence-corrected chi connectivity index (χ2v) is 9.98. The number of hydrogen-bond acceptors (Lipinski definition) is 7. The van der Waals surface area contributed by atoms with Crippen molar-refractivity contribution < 1.29 is 13.9 Å². The minimum Gasteiger partial charge on any atom is -0.382 e. The van der Waals surface area contributed by atoms with Gasteiger partial charge in [0, 0.05) is 54.9 Å². The summed E-state index contributed by atoms with van der Waals surface area (Å²) in [5.41, 5.74) is 8.83. The number of nitrogens with two attached hydrogens (primary N) is 2. The molecule has 5 atom stereocenters. The Bertz CT molecular complexity index is 958. The van der Waals surface area contributed by atoms with Gasteiger partial charge in [0.25, 0.3) is 0 Å². The van der Waals surface area contributed by atoms with Gasteiger partial charge in [-0.2, -0.15) is 0 Å². The Morgan fingerprint density at radius 2 is 1.94 bits per heavy atom. The lowest BCUT2D eigenvalue weighted by atomic mass is 9.76. The first-order valence-corrected chi connectivity index (χ1v) is 11.3. The van der Waals surface area contributed by atoms with Crippen LogP contribution in [0.5, 0.6) is 0 Å². The van der Waals surface area contributed by atoms with Crippen molar-refractivity contribution in [3.63, 3.8) is 0 Å². The highest BCUT2D eigenvalue weighted by atomic mass is 79.9. The Morgan fingerprint density at radius 1 is 1.23 bits per heavy atom. The number of fused-ring (bicyclic) bond motifs is 2. The van der Waals surface area contributed by atoms with Crippen molar-refractivity contribution in [2.24, 2.45) is 17.5 Å². The minimum absolute atomic E-state index is 0.0286. The second kappa shape index (κ2) is 7.39. The van der Waals surface area contributed by atoms with Crippen LogP contribution in [-0.2, 0) is 5.66 Å². The van der Waals surface area contributed by atoms with E-state index >= 15 is 0 Å². The van der Waals surface area contributed by atoms with Crippen molar-refractivity contribution in [3.05, 3.63) is 57.6 Å². The molecule has 2 unspecified atom stereocenters. The van der Waals surface area contributed by atoms with Gasteiger partial charge in [-0.05, 0) is 24.6 Å². The molecule has 7 nitrogen and oxygen atoms in total. The zero-order chi connectivity index (χ0) is 22.1. The largest absolute Gasteiger partial charge is 0.382 e. The summed E-state index contributed by atoms with van der Waals surface area (Å²) in [7, 11) is 0. The van der Waals surface area contributed by atoms with Crippen LogP contribution in [-0.4, -0.2) is 70.4 Å². The topological polar surface area (TPSA) is 94.0 Å². The Hall–Kier alpha value is -1.24. The first kappa shape index (κ1) is 21.6. The Kier molecular flexibility index (Phi) is 5.15. The monoisotopic (exact) mass is 496 g/mol. The van der Waals surface area contributed by atoms with Crippen molar-refractivity contribution in [2.45, 2.75) is 30.3 Å². The molecular formula is C21H27BrF2N6O. The molecule has 3 saturated heterocycles. The Balaban J connectivity index is 1.40. The number of hydrogen-bond donors (Lipinski definition) is 4. The smallest absolute Gasteiger partial charge is 0.128 e. The number of benzene rings is 1. The van der Waals surface area contributed by atoms with Gasteiger partial charge in [0.15, 0.2) is 0 Å². The van der Waals surface area contributed by atoms with Crippen molar-refractivity contribution in [1.29, 1.82) is 0 Å². The molecule has 6 N–H and O–H groups in total. The molecule has 0 spiro atoms. The zero-order valence-corrected chi connectivity index (χ0v) is 18.8. The molecule has 0 saturated carbocycles. The molecule has 1 aliphatic carbocycles. The molecule has 3 fully saturated rings. The SMILES string of the molecule is C[C@@H](N1CCN2NC(N)(c3ccc(Br)cc3)[C@H]2C1)[C@]1(O)CN(N)CC2C(F)=CC(F)=C21. The van der Waals surface area contributed by atoms with Gasteiger partial charge in [0.05, 0.1) is 12.0 Å². The summed E-state index contributed by atoms with van der Waals surface area (Å²) in [6, 6.07) is 7.37. The molecule has 0 bridgehead atoms. The molecule has 31 heavy (non-hydrogen) atoms. The number of nitrogens with one attached hydrogen (secondary N) is 1. The third-order valence-electron chi connectivity index (χ3n) is 7.36. The van der Waals surface area contributed by atoms with E-state index in [0.29, 0.717) is 19.6 Å². The highest BCUT2D eigenvalue weighted by Crippen LogP contribution is 2.46. The van der Waals surface area contributed by atoms with Crippen LogP contribution in [0.2, 0.25) is 0 Å². The van der Waals surface area contributed by atoms with E-state index < -0.39 is 34.9 Å². The van der Waals surface area contributed by atoms with Crippen LogP contribution in [0.15, 0.2) is 52.0 Å². The van der Waals surface area contributed by atoms with Crippen molar-refractivity contribution in [2.75, 3.05) is 32.7 Å². The summed E-state index contributed by atoms with van der Waals surface area (Å²) in [4.78, 5) is 2.11. The number of allylic oxidation sites excluding steroid dienone is 2. The predicted octanol–water partition coefficient (Wildman–Crippen LogP) is 1.08. The number of piperidine rings is 1. The summed E-state index contributed by atoms with van der Waals surface area (Å²) in [5.74, 6) is 3.90. The average molecular weight is 497 g/mol. The molecule has 168 valence electrons. The summed E-state index contributed by atoms with van der Waals surface area (Å²) in [6.07, 6.45) is 0.878. The molecular weight excluding hydrogens is 470 g/mol. The molecule has 0 radical (unpaired) electrons. The van der Waals surface area contributed by atoms with E-state index in [1.807, 2.05) is 31.2 Å². The van der Waals surface area contributed by atoms with Crippen LogP contribution in [0.3, 0.4) is 0 Å². The van der Waals surface area contributed by atoms with E-state index in [9.17, 15) is 13.9 Å². The van der Waals surface area contributed by atoms with Gasteiger partial charge in [-0.25, -0.2) is 24.2 Å². The molecule has 3 aliphatic heterocycles. The maximum absolute atomic E-state index is 14.7. The van der Waals surface area contributed by atoms with Gasteiger partial charge in [0.1, 0.15) is 22.9 Å². The fourth-order valence-corrected chi connectivity index (χ4v) is 5.82.